The van der Waals surface area contributed by atoms with Crippen LogP contribution in [-0.4, -0.2) is 17.4 Å². The Bertz CT molecular complexity index is 630. The van der Waals surface area contributed by atoms with Gasteiger partial charge in [-0.05, 0) is 56.2 Å². The number of carbonyl (C=O) groups excluding carboxylic acids is 1. The molecule has 1 amide bonds. The summed E-state index contributed by atoms with van der Waals surface area (Å²) in [5.41, 5.74) is 4.17. The van der Waals surface area contributed by atoms with E-state index in [9.17, 15) is 4.79 Å². The highest BCUT2D eigenvalue weighted by Gasteiger charge is 2.11. The van der Waals surface area contributed by atoms with E-state index in [-0.39, 0.29) is 5.91 Å². The molecule has 0 saturated carbocycles. The van der Waals surface area contributed by atoms with Crippen molar-refractivity contribution in [1.82, 2.24) is 4.98 Å². The fraction of sp³-hybridized carbons (Fsp3) is 0.250. The van der Waals surface area contributed by atoms with Crippen molar-refractivity contribution < 1.29 is 4.79 Å². The Hall–Kier alpha value is -1.88. The molecule has 0 aliphatic carbocycles. The number of benzene rings is 1. The van der Waals surface area contributed by atoms with E-state index in [1.807, 2.05) is 39.0 Å². The molecular weight excluding hydrogens is 330 g/mol. The Labute approximate surface area is 133 Å². The van der Waals surface area contributed by atoms with Crippen LogP contribution in [0, 0.1) is 13.8 Å². The third kappa shape index (κ3) is 3.82. The number of anilines is 2. The third-order valence-corrected chi connectivity index (χ3v) is 3.57. The molecule has 110 valence electrons. The van der Waals surface area contributed by atoms with Gasteiger partial charge in [0.1, 0.15) is 5.69 Å². The summed E-state index contributed by atoms with van der Waals surface area (Å²) in [6.07, 6.45) is 1.67. The van der Waals surface area contributed by atoms with E-state index in [4.69, 9.17) is 0 Å². The summed E-state index contributed by atoms with van der Waals surface area (Å²) in [4.78, 5) is 16.5. The van der Waals surface area contributed by atoms with Gasteiger partial charge in [0.25, 0.3) is 5.91 Å². The summed E-state index contributed by atoms with van der Waals surface area (Å²) >= 11 is 3.45. The van der Waals surface area contributed by atoms with Crippen molar-refractivity contribution in [2.24, 2.45) is 0 Å². The summed E-state index contributed by atoms with van der Waals surface area (Å²) in [7, 11) is 0. The number of hydrogen-bond acceptors (Lipinski definition) is 3. The molecule has 5 heteroatoms. The molecule has 0 unspecified atom stereocenters. The number of rotatable bonds is 4. The van der Waals surface area contributed by atoms with E-state index in [1.165, 1.54) is 0 Å². The first-order valence-electron chi connectivity index (χ1n) is 6.79. The third-order valence-electron chi connectivity index (χ3n) is 3.11. The van der Waals surface area contributed by atoms with Gasteiger partial charge in [-0.25, -0.2) is 4.98 Å². The monoisotopic (exact) mass is 347 g/mol. The maximum atomic E-state index is 12.3. The zero-order valence-corrected chi connectivity index (χ0v) is 13.9. The Morgan fingerprint density at radius 3 is 2.43 bits per heavy atom. The van der Waals surface area contributed by atoms with Gasteiger partial charge in [-0.15, -0.1) is 0 Å². The first-order valence-corrected chi connectivity index (χ1v) is 7.58. The number of aromatic nitrogens is 1. The number of nitrogens with one attached hydrogen (secondary N) is 2. The molecule has 0 fully saturated rings. The first-order chi connectivity index (χ1) is 10.0. The van der Waals surface area contributed by atoms with Crippen molar-refractivity contribution in [1.29, 1.82) is 0 Å². The molecule has 4 nitrogen and oxygen atoms in total. The summed E-state index contributed by atoms with van der Waals surface area (Å²) < 4.78 is 1.00. The van der Waals surface area contributed by atoms with Crippen LogP contribution >= 0.6 is 15.9 Å². The average Bonchev–Trinajstić information content (AvgIpc) is 2.43. The zero-order valence-electron chi connectivity index (χ0n) is 12.3. The van der Waals surface area contributed by atoms with Gasteiger partial charge in [0, 0.05) is 16.7 Å². The number of halogens is 1. The largest absolute Gasteiger partial charge is 0.384 e. The minimum absolute atomic E-state index is 0.202. The molecule has 2 N–H and O–H groups in total. The molecule has 0 bridgehead atoms. The van der Waals surface area contributed by atoms with Gasteiger partial charge in [0.15, 0.2) is 0 Å². The van der Waals surface area contributed by atoms with Gasteiger partial charge in [-0.1, -0.05) is 15.9 Å². The first kappa shape index (κ1) is 15.5. The fourth-order valence-electron chi connectivity index (χ4n) is 2.12. The van der Waals surface area contributed by atoms with Gasteiger partial charge >= 0.3 is 0 Å². The molecule has 1 heterocycles. The average molecular weight is 348 g/mol. The molecule has 2 aromatic rings. The second kappa shape index (κ2) is 6.72. The minimum atomic E-state index is -0.202. The highest BCUT2D eigenvalue weighted by molar-refractivity contribution is 9.10. The van der Waals surface area contributed by atoms with Gasteiger partial charge in [0.2, 0.25) is 0 Å². The number of hydrogen-bond donors (Lipinski definition) is 2. The highest BCUT2D eigenvalue weighted by Crippen LogP contribution is 2.25. The molecule has 1 aromatic carbocycles. The van der Waals surface area contributed by atoms with Gasteiger partial charge in [0.05, 0.1) is 11.9 Å². The molecule has 0 saturated heterocycles. The van der Waals surface area contributed by atoms with E-state index < -0.39 is 0 Å². The maximum absolute atomic E-state index is 12.3. The maximum Gasteiger partial charge on any atom is 0.274 e. The van der Waals surface area contributed by atoms with E-state index in [2.05, 4.69) is 31.5 Å². The number of amides is 1. The molecule has 2 rings (SSSR count). The molecule has 0 radical (unpaired) electrons. The van der Waals surface area contributed by atoms with Crippen LogP contribution in [0.25, 0.3) is 0 Å². The number of aryl methyl sites for hydroxylation is 2. The number of carbonyl (C=O) groups is 1. The number of nitrogens with zero attached hydrogens (tertiary/aromatic N) is 1. The van der Waals surface area contributed by atoms with Crippen molar-refractivity contribution in [2.75, 3.05) is 17.2 Å². The standard InChI is InChI=1S/C16H18BrN3O/c1-4-18-13-5-6-14(19-9-13)16(21)20-15-10(2)7-12(17)8-11(15)3/h5-9,18H,4H2,1-3H3,(H,20,21). The smallest absolute Gasteiger partial charge is 0.274 e. The lowest BCUT2D eigenvalue weighted by atomic mass is 10.1. The molecule has 0 aliphatic rings. The van der Waals surface area contributed by atoms with Crippen molar-refractivity contribution >= 4 is 33.2 Å². The van der Waals surface area contributed by atoms with Crippen LogP contribution in [0.15, 0.2) is 34.9 Å². The van der Waals surface area contributed by atoms with Crippen molar-refractivity contribution in [3.05, 3.63) is 51.8 Å². The van der Waals surface area contributed by atoms with Crippen molar-refractivity contribution in [2.45, 2.75) is 20.8 Å². The van der Waals surface area contributed by atoms with E-state index in [0.717, 1.165) is 33.5 Å². The van der Waals surface area contributed by atoms with E-state index in [1.54, 1.807) is 12.3 Å². The molecule has 0 spiro atoms. The lowest BCUT2D eigenvalue weighted by Crippen LogP contribution is -2.15. The Morgan fingerprint density at radius 1 is 1.24 bits per heavy atom. The lowest BCUT2D eigenvalue weighted by molar-refractivity contribution is 0.102. The van der Waals surface area contributed by atoms with Gasteiger partial charge < -0.3 is 10.6 Å². The van der Waals surface area contributed by atoms with Crippen LogP contribution in [0.4, 0.5) is 11.4 Å². The highest BCUT2D eigenvalue weighted by atomic mass is 79.9. The SMILES string of the molecule is CCNc1ccc(C(=O)Nc2c(C)cc(Br)cc2C)nc1. The predicted molar refractivity (Wildman–Crippen MR) is 90.0 cm³/mol. The van der Waals surface area contributed by atoms with Crippen LogP contribution in [-0.2, 0) is 0 Å². The molecule has 21 heavy (non-hydrogen) atoms. The van der Waals surface area contributed by atoms with Crippen molar-refractivity contribution in [3.8, 4) is 0 Å². The Kier molecular flexibility index (Phi) is 4.96. The van der Waals surface area contributed by atoms with Crippen LogP contribution in [0.5, 0.6) is 0 Å². The lowest BCUT2D eigenvalue weighted by Gasteiger charge is -2.12. The normalized spacial score (nSPS) is 10.3. The Morgan fingerprint density at radius 2 is 1.90 bits per heavy atom. The topological polar surface area (TPSA) is 54.0 Å². The fourth-order valence-corrected chi connectivity index (χ4v) is 2.81. The summed E-state index contributed by atoms with van der Waals surface area (Å²) in [6.45, 7) is 6.77. The zero-order chi connectivity index (χ0) is 15.4. The second-order valence-electron chi connectivity index (χ2n) is 4.83. The van der Waals surface area contributed by atoms with Gasteiger partial charge in [-0.2, -0.15) is 0 Å². The van der Waals surface area contributed by atoms with Crippen LogP contribution < -0.4 is 10.6 Å². The van der Waals surface area contributed by atoms with Crippen LogP contribution in [0.3, 0.4) is 0 Å². The summed E-state index contributed by atoms with van der Waals surface area (Å²) in [5, 5.41) is 6.08. The predicted octanol–water partition coefficient (Wildman–Crippen LogP) is 4.15. The molecule has 0 aliphatic heterocycles. The van der Waals surface area contributed by atoms with Crippen LogP contribution in [0.2, 0.25) is 0 Å². The van der Waals surface area contributed by atoms with Crippen LogP contribution in [0.1, 0.15) is 28.5 Å². The molecule has 1 aromatic heterocycles. The van der Waals surface area contributed by atoms with E-state index >= 15 is 0 Å². The van der Waals surface area contributed by atoms with E-state index in [0.29, 0.717) is 5.69 Å². The second-order valence-corrected chi connectivity index (χ2v) is 5.75. The quantitative estimate of drug-likeness (QED) is 0.873. The van der Waals surface area contributed by atoms with Gasteiger partial charge in [-0.3, -0.25) is 4.79 Å². The number of pyridine rings is 1. The summed E-state index contributed by atoms with van der Waals surface area (Å²) in [6, 6.07) is 7.53. The Balaban J connectivity index is 2.18. The van der Waals surface area contributed by atoms with Crippen molar-refractivity contribution in [3.63, 3.8) is 0 Å². The minimum Gasteiger partial charge on any atom is -0.384 e. The molecular formula is C16H18BrN3O. The molecule has 0 atom stereocenters. The summed E-state index contributed by atoms with van der Waals surface area (Å²) in [5.74, 6) is -0.202.